The van der Waals surface area contributed by atoms with E-state index < -0.39 is 22.8 Å². The fraction of sp³-hybridized carbons (Fsp3) is 0.333. The van der Waals surface area contributed by atoms with E-state index in [1.54, 1.807) is 0 Å². The molecule has 1 saturated carbocycles. The Balaban J connectivity index is 1.61. The Kier molecular flexibility index (Phi) is 6.30. The molecule has 1 aliphatic rings. The van der Waals surface area contributed by atoms with Gasteiger partial charge in [-0.3, -0.25) is 10.1 Å². The van der Waals surface area contributed by atoms with Crippen LogP contribution in [0.5, 0.6) is 5.75 Å². The third-order valence-electron chi connectivity index (χ3n) is 5.72. The Morgan fingerprint density at radius 3 is 2.45 bits per heavy atom. The standard InChI is InChI=1S/C24H24N2O7/c1-3-25(4-2)17-9-12-19-20(14-22(27)32-21(19)13-17)23(15-5-6-15)33-24(28)31-18-10-7-16(8-11-18)26(29)30/h7-15,23H,3-6H2,1-2H3. The zero-order chi connectivity index (χ0) is 23.5. The lowest BCUT2D eigenvalue weighted by Crippen LogP contribution is -2.22. The molecule has 9 heteroatoms. The summed E-state index contributed by atoms with van der Waals surface area (Å²) >= 11 is 0. The van der Waals surface area contributed by atoms with Crippen LogP contribution in [0.2, 0.25) is 0 Å². The van der Waals surface area contributed by atoms with Gasteiger partial charge >= 0.3 is 11.8 Å². The summed E-state index contributed by atoms with van der Waals surface area (Å²) in [7, 11) is 0. The number of carbonyl (C=O) groups is 1. The minimum Gasteiger partial charge on any atom is -0.425 e. The maximum absolute atomic E-state index is 12.5. The first kappa shape index (κ1) is 22.3. The maximum Gasteiger partial charge on any atom is 0.514 e. The predicted molar refractivity (Wildman–Crippen MR) is 122 cm³/mol. The summed E-state index contributed by atoms with van der Waals surface area (Å²) in [5.74, 6) is 0.198. The molecule has 33 heavy (non-hydrogen) atoms. The van der Waals surface area contributed by atoms with Gasteiger partial charge in [0, 0.05) is 59.9 Å². The van der Waals surface area contributed by atoms with Crippen molar-refractivity contribution in [3.63, 3.8) is 0 Å². The highest BCUT2D eigenvalue weighted by molar-refractivity contribution is 5.84. The highest BCUT2D eigenvalue weighted by Crippen LogP contribution is 2.45. The molecule has 0 saturated heterocycles. The lowest BCUT2D eigenvalue weighted by molar-refractivity contribution is -0.384. The van der Waals surface area contributed by atoms with Crippen molar-refractivity contribution < 1.29 is 23.6 Å². The zero-order valence-electron chi connectivity index (χ0n) is 18.4. The van der Waals surface area contributed by atoms with E-state index in [0.29, 0.717) is 16.5 Å². The van der Waals surface area contributed by atoms with Crippen LogP contribution in [0.15, 0.2) is 57.7 Å². The summed E-state index contributed by atoms with van der Waals surface area (Å²) in [5, 5.41) is 11.5. The van der Waals surface area contributed by atoms with Gasteiger partial charge in [-0.25, -0.2) is 9.59 Å². The molecule has 4 rings (SSSR count). The molecular formula is C24H24N2O7. The molecule has 0 aliphatic heterocycles. The number of nitrogens with zero attached hydrogens (tertiary/aromatic N) is 2. The number of fused-ring (bicyclic) bond motifs is 1. The van der Waals surface area contributed by atoms with Crippen molar-refractivity contribution in [3.8, 4) is 5.75 Å². The Bertz CT molecular complexity index is 1230. The van der Waals surface area contributed by atoms with Crippen molar-refractivity contribution in [1.29, 1.82) is 0 Å². The summed E-state index contributed by atoms with van der Waals surface area (Å²) in [6, 6.07) is 12.2. The van der Waals surface area contributed by atoms with Crippen LogP contribution in [0.1, 0.15) is 38.4 Å². The molecule has 172 valence electrons. The van der Waals surface area contributed by atoms with Crippen LogP contribution in [0.3, 0.4) is 0 Å². The molecule has 1 aliphatic carbocycles. The highest BCUT2D eigenvalue weighted by atomic mass is 16.7. The van der Waals surface area contributed by atoms with Crippen LogP contribution in [0.25, 0.3) is 11.0 Å². The van der Waals surface area contributed by atoms with E-state index >= 15 is 0 Å². The van der Waals surface area contributed by atoms with Gasteiger partial charge in [-0.1, -0.05) is 0 Å². The summed E-state index contributed by atoms with van der Waals surface area (Å²) in [6.07, 6.45) is 0.104. The number of nitro benzene ring substituents is 1. The first-order chi connectivity index (χ1) is 15.9. The van der Waals surface area contributed by atoms with Crippen LogP contribution < -0.4 is 15.3 Å². The SMILES string of the molecule is CCN(CC)c1ccc2c(C(OC(=O)Oc3ccc([N+](=O)[O-])cc3)C3CC3)cc(=O)oc2c1. The van der Waals surface area contributed by atoms with Gasteiger partial charge in [0.25, 0.3) is 5.69 Å². The lowest BCUT2D eigenvalue weighted by atomic mass is 10.0. The number of anilines is 1. The van der Waals surface area contributed by atoms with E-state index in [1.165, 1.54) is 30.3 Å². The van der Waals surface area contributed by atoms with E-state index in [4.69, 9.17) is 13.9 Å². The number of benzene rings is 2. The topological polar surface area (TPSA) is 112 Å². The molecule has 9 nitrogen and oxygen atoms in total. The van der Waals surface area contributed by atoms with E-state index in [9.17, 15) is 19.7 Å². The van der Waals surface area contributed by atoms with Crippen molar-refractivity contribution in [2.24, 2.45) is 5.92 Å². The molecule has 1 aromatic heterocycles. The van der Waals surface area contributed by atoms with Crippen LogP contribution in [0, 0.1) is 16.0 Å². The fourth-order valence-electron chi connectivity index (χ4n) is 3.87. The number of ether oxygens (including phenoxy) is 2. The molecule has 0 radical (unpaired) electrons. The molecule has 0 bridgehead atoms. The smallest absolute Gasteiger partial charge is 0.425 e. The highest BCUT2D eigenvalue weighted by Gasteiger charge is 2.37. The summed E-state index contributed by atoms with van der Waals surface area (Å²) in [5.41, 5.74) is 1.31. The lowest BCUT2D eigenvalue weighted by Gasteiger charge is -2.22. The monoisotopic (exact) mass is 452 g/mol. The van der Waals surface area contributed by atoms with Gasteiger partial charge in [-0.05, 0) is 51.0 Å². The number of nitro groups is 1. The third kappa shape index (κ3) is 4.97. The van der Waals surface area contributed by atoms with Crippen molar-refractivity contribution in [2.75, 3.05) is 18.0 Å². The van der Waals surface area contributed by atoms with E-state index in [-0.39, 0.29) is 17.4 Å². The van der Waals surface area contributed by atoms with Gasteiger partial charge in [0.05, 0.1) is 4.92 Å². The molecule has 3 aromatic rings. The minimum atomic E-state index is -0.943. The Morgan fingerprint density at radius 2 is 1.85 bits per heavy atom. The minimum absolute atomic E-state index is 0.0712. The molecule has 1 unspecified atom stereocenters. The quantitative estimate of drug-likeness (QED) is 0.150. The van der Waals surface area contributed by atoms with Gasteiger partial charge in [0.15, 0.2) is 0 Å². The summed E-state index contributed by atoms with van der Waals surface area (Å²) < 4.78 is 16.3. The second-order valence-electron chi connectivity index (χ2n) is 7.85. The number of carbonyl (C=O) groups excluding carboxylic acids is 1. The van der Waals surface area contributed by atoms with Crippen molar-refractivity contribution >= 4 is 28.5 Å². The van der Waals surface area contributed by atoms with Crippen molar-refractivity contribution in [1.82, 2.24) is 0 Å². The molecule has 1 fully saturated rings. The van der Waals surface area contributed by atoms with Gasteiger partial charge in [0.1, 0.15) is 17.4 Å². The molecule has 0 amide bonds. The van der Waals surface area contributed by atoms with Crippen molar-refractivity contribution in [2.45, 2.75) is 32.8 Å². The van der Waals surface area contributed by atoms with Gasteiger partial charge < -0.3 is 18.8 Å². The molecule has 1 heterocycles. The van der Waals surface area contributed by atoms with E-state index in [0.717, 1.165) is 31.6 Å². The van der Waals surface area contributed by atoms with Crippen LogP contribution in [0.4, 0.5) is 16.2 Å². The second-order valence-corrected chi connectivity index (χ2v) is 7.85. The Hall–Kier alpha value is -3.88. The zero-order valence-corrected chi connectivity index (χ0v) is 18.4. The van der Waals surface area contributed by atoms with E-state index in [1.807, 2.05) is 32.0 Å². The molecule has 0 spiro atoms. The number of non-ortho nitro benzene ring substituents is 1. The summed E-state index contributed by atoms with van der Waals surface area (Å²) in [4.78, 5) is 37.2. The van der Waals surface area contributed by atoms with Crippen LogP contribution >= 0.6 is 0 Å². The van der Waals surface area contributed by atoms with E-state index in [2.05, 4.69) is 4.90 Å². The normalized spacial score (nSPS) is 14.0. The predicted octanol–water partition coefficient (Wildman–Crippen LogP) is 5.21. The third-order valence-corrected chi connectivity index (χ3v) is 5.72. The average Bonchev–Trinajstić information content (AvgIpc) is 3.63. The van der Waals surface area contributed by atoms with Gasteiger partial charge in [-0.2, -0.15) is 0 Å². The van der Waals surface area contributed by atoms with Gasteiger partial charge in [0.2, 0.25) is 0 Å². The van der Waals surface area contributed by atoms with Crippen molar-refractivity contribution in [3.05, 3.63) is 74.6 Å². The number of rotatable bonds is 8. The van der Waals surface area contributed by atoms with Gasteiger partial charge in [-0.15, -0.1) is 0 Å². The average molecular weight is 452 g/mol. The second kappa shape index (κ2) is 9.32. The first-order valence-corrected chi connectivity index (χ1v) is 10.8. The molecular weight excluding hydrogens is 428 g/mol. The number of hydrogen-bond donors (Lipinski definition) is 0. The van der Waals surface area contributed by atoms with Crippen LogP contribution in [-0.4, -0.2) is 24.2 Å². The molecule has 2 aromatic carbocycles. The maximum atomic E-state index is 12.5. The summed E-state index contributed by atoms with van der Waals surface area (Å²) in [6.45, 7) is 5.73. The molecule has 0 N–H and O–H groups in total. The number of hydrogen-bond acceptors (Lipinski definition) is 8. The Labute approximate surface area is 189 Å². The molecule has 1 atom stereocenters. The Morgan fingerprint density at radius 1 is 1.15 bits per heavy atom. The first-order valence-electron chi connectivity index (χ1n) is 10.8. The van der Waals surface area contributed by atoms with Crippen LogP contribution in [-0.2, 0) is 4.74 Å². The largest absolute Gasteiger partial charge is 0.514 e. The fourth-order valence-corrected chi connectivity index (χ4v) is 3.87.